The molecule has 2 N–H and O–H groups in total. The summed E-state index contributed by atoms with van der Waals surface area (Å²) < 4.78 is 11.5. The Balaban J connectivity index is 0.00000320. The van der Waals surface area contributed by atoms with E-state index >= 15 is 0 Å². The number of benzene rings is 2. The van der Waals surface area contributed by atoms with Crippen LogP contribution in [0.4, 0.5) is 0 Å². The van der Waals surface area contributed by atoms with E-state index in [1.807, 2.05) is 20.9 Å². The van der Waals surface area contributed by atoms with E-state index < -0.39 is 5.54 Å². The molecule has 164 valence electrons. The third-order valence-electron chi connectivity index (χ3n) is 5.60. The Morgan fingerprint density at radius 3 is 2.20 bits per heavy atom. The van der Waals surface area contributed by atoms with Crippen molar-refractivity contribution in [3.05, 3.63) is 64.2 Å². The molecule has 0 aromatic heterocycles. The summed E-state index contributed by atoms with van der Waals surface area (Å²) in [4.78, 5) is 14.6. The molecule has 1 heterocycles. The first-order valence-corrected chi connectivity index (χ1v) is 10.2. The van der Waals surface area contributed by atoms with Gasteiger partial charge in [0.05, 0.1) is 5.54 Å². The van der Waals surface area contributed by atoms with E-state index in [2.05, 4.69) is 43.3 Å². The monoisotopic (exact) mass is 432 g/mol. The van der Waals surface area contributed by atoms with Crippen LogP contribution in [0, 0.1) is 20.8 Å². The summed E-state index contributed by atoms with van der Waals surface area (Å²) in [6.45, 7) is 8.32. The summed E-state index contributed by atoms with van der Waals surface area (Å²) in [5, 5.41) is 0. The molecule has 1 aliphatic heterocycles. The smallest absolute Gasteiger partial charge is 0.242 e. The first-order chi connectivity index (χ1) is 13.8. The van der Waals surface area contributed by atoms with E-state index in [1.165, 1.54) is 5.56 Å². The Hall–Kier alpha value is -2.08. The number of likely N-dealkylation sites (N-methyl/N-ethyl adjacent to an activating group) is 1. The highest BCUT2D eigenvalue weighted by molar-refractivity contribution is 5.86. The normalized spacial score (nSPS) is 15.2. The summed E-state index contributed by atoms with van der Waals surface area (Å²) >= 11 is 0. The number of carbonyl (C=O) groups is 1. The minimum atomic E-state index is -0.811. The molecular weight excluding hydrogens is 400 g/mol. The van der Waals surface area contributed by atoms with Crippen LogP contribution < -0.4 is 10.5 Å². The van der Waals surface area contributed by atoms with Gasteiger partial charge in [-0.2, -0.15) is 0 Å². The zero-order chi connectivity index (χ0) is 21.0. The van der Waals surface area contributed by atoms with Crippen LogP contribution in [0.2, 0.25) is 0 Å². The fourth-order valence-corrected chi connectivity index (χ4v) is 3.87. The number of nitrogens with two attached hydrogens (primary N) is 1. The van der Waals surface area contributed by atoms with E-state index in [0.29, 0.717) is 39.2 Å². The lowest BCUT2D eigenvalue weighted by Crippen LogP contribution is -2.57. The molecule has 1 aliphatic rings. The molecule has 0 bridgehead atoms. The topological polar surface area (TPSA) is 64.8 Å². The summed E-state index contributed by atoms with van der Waals surface area (Å²) in [5.74, 6) is 0.888. The quantitative estimate of drug-likeness (QED) is 0.746. The number of rotatable bonds is 6. The highest BCUT2D eigenvalue weighted by atomic mass is 35.5. The van der Waals surface area contributed by atoms with Crippen molar-refractivity contribution in [2.75, 3.05) is 20.3 Å². The molecule has 1 saturated heterocycles. The van der Waals surface area contributed by atoms with E-state index in [0.717, 1.165) is 28.0 Å². The first-order valence-electron chi connectivity index (χ1n) is 10.2. The van der Waals surface area contributed by atoms with Crippen molar-refractivity contribution in [2.45, 2.75) is 52.3 Å². The van der Waals surface area contributed by atoms with Crippen molar-refractivity contribution in [1.29, 1.82) is 0 Å². The number of carbonyl (C=O) groups excluding carboxylic acids is 1. The van der Waals surface area contributed by atoms with Gasteiger partial charge in [-0.15, -0.1) is 12.4 Å². The van der Waals surface area contributed by atoms with Crippen LogP contribution in [0.3, 0.4) is 0 Å². The van der Waals surface area contributed by atoms with E-state index in [9.17, 15) is 4.79 Å². The Labute approximate surface area is 186 Å². The minimum Gasteiger partial charge on any atom is -0.488 e. The lowest BCUT2D eigenvalue weighted by molar-refractivity contribution is -0.139. The Kier molecular flexibility index (Phi) is 8.30. The molecule has 0 unspecified atom stereocenters. The van der Waals surface area contributed by atoms with Crippen molar-refractivity contribution in [3.63, 3.8) is 0 Å². The van der Waals surface area contributed by atoms with Crippen molar-refractivity contribution in [1.82, 2.24) is 4.90 Å². The second-order valence-electron chi connectivity index (χ2n) is 8.26. The van der Waals surface area contributed by atoms with Gasteiger partial charge in [-0.25, -0.2) is 0 Å². The number of nitrogens with zero attached hydrogens (tertiary/aromatic N) is 1. The minimum absolute atomic E-state index is 0. The van der Waals surface area contributed by atoms with Crippen LogP contribution in [0.5, 0.6) is 5.75 Å². The number of amides is 1. The maximum absolute atomic E-state index is 12.9. The Bertz CT molecular complexity index is 838. The summed E-state index contributed by atoms with van der Waals surface area (Å²) in [6, 6.07) is 12.6. The van der Waals surface area contributed by atoms with Gasteiger partial charge < -0.3 is 20.1 Å². The molecule has 0 saturated carbocycles. The molecule has 0 spiro atoms. The maximum Gasteiger partial charge on any atom is 0.242 e. The van der Waals surface area contributed by atoms with Gasteiger partial charge in [-0.05, 0) is 55.9 Å². The van der Waals surface area contributed by atoms with Crippen molar-refractivity contribution in [2.24, 2.45) is 5.73 Å². The Morgan fingerprint density at radius 2 is 1.63 bits per heavy atom. The van der Waals surface area contributed by atoms with Crippen LogP contribution in [-0.4, -0.2) is 36.6 Å². The van der Waals surface area contributed by atoms with E-state index in [-0.39, 0.29) is 18.3 Å². The van der Waals surface area contributed by atoms with Gasteiger partial charge in [0, 0.05) is 26.8 Å². The molecule has 1 fully saturated rings. The maximum atomic E-state index is 12.9. The van der Waals surface area contributed by atoms with Gasteiger partial charge >= 0.3 is 0 Å². The fourth-order valence-electron chi connectivity index (χ4n) is 3.87. The summed E-state index contributed by atoms with van der Waals surface area (Å²) in [6.07, 6.45) is 1.14. The number of aryl methyl sites for hydroxylation is 3. The zero-order valence-electron chi connectivity index (χ0n) is 18.4. The van der Waals surface area contributed by atoms with Crippen molar-refractivity contribution in [3.8, 4) is 5.75 Å². The molecule has 6 heteroatoms. The van der Waals surface area contributed by atoms with Gasteiger partial charge in [0.2, 0.25) is 5.91 Å². The van der Waals surface area contributed by atoms with Crippen LogP contribution in [0.25, 0.3) is 0 Å². The highest BCUT2D eigenvalue weighted by Crippen LogP contribution is 2.27. The first kappa shape index (κ1) is 24.2. The van der Waals surface area contributed by atoms with Gasteiger partial charge in [-0.3, -0.25) is 4.79 Å². The lowest BCUT2D eigenvalue weighted by atomic mass is 9.89. The largest absolute Gasteiger partial charge is 0.488 e. The van der Waals surface area contributed by atoms with Gasteiger partial charge in [-0.1, -0.05) is 42.0 Å². The van der Waals surface area contributed by atoms with Gasteiger partial charge in [0.1, 0.15) is 12.4 Å². The highest BCUT2D eigenvalue weighted by Gasteiger charge is 2.37. The molecule has 2 aromatic rings. The molecule has 0 atom stereocenters. The predicted molar refractivity (Wildman–Crippen MR) is 122 cm³/mol. The second-order valence-corrected chi connectivity index (χ2v) is 8.26. The van der Waals surface area contributed by atoms with Crippen LogP contribution in [-0.2, 0) is 22.7 Å². The van der Waals surface area contributed by atoms with Gasteiger partial charge in [0.25, 0.3) is 0 Å². The molecule has 5 nitrogen and oxygen atoms in total. The number of halogens is 1. The molecule has 30 heavy (non-hydrogen) atoms. The average Bonchev–Trinajstić information content (AvgIpc) is 2.68. The number of hydrogen-bond acceptors (Lipinski definition) is 4. The van der Waals surface area contributed by atoms with Gasteiger partial charge in [0.15, 0.2) is 0 Å². The molecule has 0 aliphatic carbocycles. The molecule has 0 radical (unpaired) electrons. The standard InChI is InChI=1S/C24H32N2O3.ClH/c1-17-5-7-20(8-6-17)16-29-22-18(2)13-21(14-19(22)3)15-26(4)23(27)24(25)9-11-28-12-10-24;/h5-8,13-14H,9-12,15-16,25H2,1-4H3;1H. The molecule has 2 aromatic carbocycles. The summed E-state index contributed by atoms with van der Waals surface area (Å²) in [7, 11) is 1.82. The van der Waals surface area contributed by atoms with Crippen molar-refractivity contribution >= 4 is 18.3 Å². The average molecular weight is 433 g/mol. The van der Waals surface area contributed by atoms with Crippen LogP contribution >= 0.6 is 12.4 Å². The third kappa shape index (κ3) is 5.75. The third-order valence-corrected chi connectivity index (χ3v) is 5.60. The molecule has 1 amide bonds. The van der Waals surface area contributed by atoms with E-state index in [4.69, 9.17) is 15.2 Å². The lowest BCUT2D eigenvalue weighted by Gasteiger charge is -2.35. The van der Waals surface area contributed by atoms with Crippen molar-refractivity contribution < 1.29 is 14.3 Å². The summed E-state index contributed by atoms with van der Waals surface area (Å²) in [5.41, 5.74) is 11.1. The molecular formula is C24H33ClN2O3. The van der Waals surface area contributed by atoms with Crippen LogP contribution in [0.15, 0.2) is 36.4 Å². The van der Waals surface area contributed by atoms with Crippen LogP contribution in [0.1, 0.15) is 40.7 Å². The molecule has 3 rings (SSSR count). The number of hydrogen-bond donors (Lipinski definition) is 1. The zero-order valence-corrected chi connectivity index (χ0v) is 19.2. The van der Waals surface area contributed by atoms with E-state index in [1.54, 1.807) is 4.90 Å². The number of ether oxygens (including phenoxy) is 2. The fraction of sp³-hybridized carbons (Fsp3) is 0.458. The second kappa shape index (κ2) is 10.3. The SMILES string of the molecule is Cc1ccc(COc2c(C)cc(CN(C)C(=O)C3(N)CCOCC3)cc2C)cc1.Cl. The Morgan fingerprint density at radius 1 is 1.07 bits per heavy atom. The predicted octanol–water partition coefficient (Wildman–Crippen LogP) is 4.08.